The first-order chi connectivity index (χ1) is 10.0. The lowest BCUT2D eigenvalue weighted by Gasteiger charge is -2.30. The summed E-state index contributed by atoms with van der Waals surface area (Å²) in [5.74, 6) is 0. The maximum atomic E-state index is 12.1. The molecular weight excluding hydrogens is 313 g/mol. The summed E-state index contributed by atoms with van der Waals surface area (Å²) < 4.78 is 0. The van der Waals surface area contributed by atoms with Crippen molar-refractivity contribution in [3.05, 3.63) is 33.8 Å². The van der Waals surface area contributed by atoms with E-state index in [4.69, 9.17) is 23.2 Å². The molecule has 0 aromatic heterocycles. The largest absolute Gasteiger partial charge is 0.341 e. The quantitative estimate of drug-likeness (QED) is 0.588. The number of amides is 2. The van der Waals surface area contributed by atoms with E-state index in [-0.39, 0.29) is 12.1 Å². The second-order valence-electron chi connectivity index (χ2n) is 5.14. The van der Waals surface area contributed by atoms with E-state index in [9.17, 15) is 10.0 Å². The SMILES string of the molecule is CC(NC(=O)N(O)C1CCNCC1)c1cccc(Cl)c1Cl. The molecule has 21 heavy (non-hydrogen) atoms. The topological polar surface area (TPSA) is 64.6 Å². The van der Waals surface area contributed by atoms with Gasteiger partial charge in [0.25, 0.3) is 0 Å². The molecule has 1 heterocycles. The summed E-state index contributed by atoms with van der Waals surface area (Å²) in [5.41, 5.74) is 0.719. The summed E-state index contributed by atoms with van der Waals surface area (Å²) in [6.45, 7) is 3.39. The van der Waals surface area contributed by atoms with E-state index >= 15 is 0 Å². The highest BCUT2D eigenvalue weighted by Crippen LogP contribution is 2.29. The molecule has 1 unspecified atom stereocenters. The van der Waals surface area contributed by atoms with Gasteiger partial charge in [-0.25, -0.2) is 9.86 Å². The van der Waals surface area contributed by atoms with Gasteiger partial charge in [-0.15, -0.1) is 0 Å². The molecule has 1 aliphatic rings. The minimum Gasteiger partial charge on any atom is -0.330 e. The van der Waals surface area contributed by atoms with Crippen LogP contribution in [0.5, 0.6) is 0 Å². The predicted octanol–water partition coefficient (Wildman–Crippen LogP) is 3.21. The molecule has 2 rings (SSSR count). The van der Waals surface area contributed by atoms with Crippen molar-refractivity contribution in [2.45, 2.75) is 31.8 Å². The Morgan fingerprint density at radius 2 is 2.10 bits per heavy atom. The van der Waals surface area contributed by atoms with Crippen molar-refractivity contribution in [2.24, 2.45) is 0 Å². The van der Waals surface area contributed by atoms with Gasteiger partial charge in [-0.1, -0.05) is 35.3 Å². The first-order valence-corrected chi connectivity index (χ1v) is 7.69. The van der Waals surface area contributed by atoms with Crippen LogP contribution in [0.4, 0.5) is 4.79 Å². The Hall–Kier alpha value is -1.01. The summed E-state index contributed by atoms with van der Waals surface area (Å²) in [5, 5.41) is 17.6. The van der Waals surface area contributed by atoms with Crippen LogP contribution in [0.2, 0.25) is 10.0 Å². The van der Waals surface area contributed by atoms with Gasteiger partial charge in [0.1, 0.15) is 0 Å². The average Bonchev–Trinajstić information content (AvgIpc) is 2.50. The van der Waals surface area contributed by atoms with Crippen LogP contribution < -0.4 is 10.6 Å². The number of hydrogen-bond donors (Lipinski definition) is 3. The maximum absolute atomic E-state index is 12.1. The molecule has 0 radical (unpaired) electrons. The minimum atomic E-state index is -0.523. The van der Waals surface area contributed by atoms with Crippen molar-refractivity contribution in [1.29, 1.82) is 0 Å². The van der Waals surface area contributed by atoms with E-state index in [0.29, 0.717) is 10.0 Å². The van der Waals surface area contributed by atoms with E-state index in [1.54, 1.807) is 25.1 Å². The molecule has 7 heteroatoms. The van der Waals surface area contributed by atoms with Gasteiger partial charge in [-0.05, 0) is 44.5 Å². The molecule has 3 N–H and O–H groups in total. The molecule has 0 aliphatic carbocycles. The van der Waals surface area contributed by atoms with Gasteiger partial charge in [0, 0.05) is 0 Å². The Balaban J connectivity index is 1.99. The molecule has 116 valence electrons. The molecule has 1 aromatic rings. The van der Waals surface area contributed by atoms with Crippen LogP contribution in [-0.4, -0.2) is 35.4 Å². The first kappa shape index (κ1) is 16.4. The first-order valence-electron chi connectivity index (χ1n) is 6.94. The predicted molar refractivity (Wildman–Crippen MR) is 82.9 cm³/mol. The molecule has 2 amide bonds. The number of urea groups is 1. The molecule has 1 atom stereocenters. The lowest BCUT2D eigenvalue weighted by Crippen LogP contribution is -2.48. The maximum Gasteiger partial charge on any atom is 0.341 e. The van der Waals surface area contributed by atoms with E-state index in [0.717, 1.165) is 36.6 Å². The third kappa shape index (κ3) is 4.01. The van der Waals surface area contributed by atoms with E-state index in [1.165, 1.54) is 0 Å². The Bertz CT molecular complexity index is 507. The fraction of sp³-hybridized carbons (Fsp3) is 0.500. The number of hydroxylamine groups is 2. The van der Waals surface area contributed by atoms with E-state index in [2.05, 4.69) is 10.6 Å². The number of carbonyl (C=O) groups is 1. The van der Waals surface area contributed by atoms with Crippen LogP contribution in [0.15, 0.2) is 18.2 Å². The average molecular weight is 332 g/mol. The Labute approximate surface area is 134 Å². The van der Waals surface area contributed by atoms with Gasteiger partial charge in [0.2, 0.25) is 0 Å². The van der Waals surface area contributed by atoms with Gasteiger partial charge >= 0.3 is 6.03 Å². The Kier molecular flexibility index (Phi) is 5.70. The van der Waals surface area contributed by atoms with Crippen molar-refractivity contribution in [3.8, 4) is 0 Å². The molecule has 0 spiro atoms. The number of hydrogen-bond acceptors (Lipinski definition) is 3. The van der Waals surface area contributed by atoms with Crippen LogP contribution in [0, 0.1) is 0 Å². The van der Waals surface area contributed by atoms with Gasteiger partial charge in [0.05, 0.1) is 22.1 Å². The molecule has 1 aliphatic heterocycles. The molecule has 1 saturated heterocycles. The number of carbonyl (C=O) groups excluding carboxylic acids is 1. The van der Waals surface area contributed by atoms with E-state index in [1.807, 2.05) is 0 Å². The summed E-state index contributed by atoms with van der Waals surface area (Å²) in [6.07, 6.45) is 1.46. The Morgan fingerprint density at radius 1 is 1.43 bits per heavy atom. The van der Waals surface area contributed by atoms with Crippen LogP contribution in [0.25, 0.3) is 0 Å². The van der Waals surface area contributed by atoms with Crippen molar-refractivity contribution in [3.63, 3.8) is 0 Å². The highest BCUT2D eigenvalue weighted by Gasteiger charge is 2.25. The third-order valence-electron chi connectivity index (χ3n) is 3.65. The molecular formula is C14H19Cl2N3O2. The summed E-state index contributed by atoms with van der Waals surface area (Å²) >= 11 is 12.1. The van der Waals surface area contributed by atoms with Crippen LogP contribution in [0.1, 0.15) is 31.4 Å². The second-order valence-corrected chi connectivity index (χ2v) is 5.93. The van der Waals surface area contributed by atoms with Crippen LogP contribution in [0.3, 0.4) is 0 Å². The Morgan fingerprint density at radius 3 is 2.76 bits per heavy atom. The third-order valence-corrected chi connectivity index (χ3v) is 4.48. The zero-order valence-electron chi connectivity index (χ0n) is 11.8. The molecule has 0 saturated carbocycles. The number of nitrogens with one attached hydrogen (secondary N) is 2. The molecule has 1 fully saturated rings. The fourth-order valence-electron chi connectivity index (χ4n) is 2.40. The van der Waals surface area contributed by atoms with Crippen molar-refractivity contribution in [2.75, 3.05) is 13.1 Å². The molecule has 1 aromatic carbocycles. The van der Waals surface area contributed by atoms with Gasteiger partial charge in [-0.3, -0.25) is 5.21 Å². The normalized spacial score (nSPS) is 17.3. The van der Waals surface area contributed by atoms with Gasteiger partial charge in [0.15, 0.2) is 0 Å². The number of rotatable bonds is 3. The van der Waals surface area contributed by atoms with Gasteiger partial charge < -0.3 is 10.6 Å². The smallest absolute Gasteiger partial charge is 0.330 e. The van der Waals surface area contributed by atoms with Crippen molar-refractivity contribution >= 4 is 29.2 Å². The van der Waals surface area contributed by atoms with Gasteiger partial charge in [-0.2, -0.15) is 0 Å². The second kappa shape index (κ2) is 7.31. The lowest BCUT2D eigenvalue weighted by atomic mass is 10.1. The number of halogens is 2. The number of piperidine rings is 1. The van der Waals surface area contributed by atoms with Crippen molar-refractivity contribution in [1.82, 2.24) is 15.7 Å². The highest BCUT2D eigenvalue weighted by atomic mass is 35.5. The lowest BCUT2D eigenvalue weighted by molar-refractivity contribution is -0.0859. The van der Waals surface area contributed by atoms with Crippen molar-refractivity contribution < 1.29 is 10.0 Å². The number of benzene rings is 1. The zero-order chi connectivity index (χ0) is 15.4. The molecule has 0 bridgehead atoms. The molecule has 5 nitrogen and oxygen atoms in total. The minimum absolute atomic E-state index is 0.159. The van der Waals surface area contributed by atoms with E-state index < -0.39 is 6.03 Å². The zero-order valence-corrected chi connectivity index (χ0v) is 13.3. The monoisotopic (exact) mass is 331 g/mol. The summed E-state index contributed by atoms with van der Waals surface area (Å²) in [4.78, 5) is 12.1. The number of nitrogens with zero attached hydrogens (tertiary/aromatic N) is 1. The van der Waals surface area contributed by atoms with Crippen LogP contribution >= 0.6 is 23.2 Å². The standard InChI is InChI=1S/C14H19Cl2N3O2/c1-9(11-3-2-4-12(15)13(11)16)18-14(20)19(21)10-5-7-17-8-6-10/h2-4,9-10,17,21H,5-8H2,1H3,(H,18,20). The van der Waals surface area contributed by atoms with Crippen LogP contribution in [-0.2, 0) is 0 Å². The highest BCUT2D eigenvalue weighted by molar-refractivity contribution is 6.42. The summed E-state index contributed by atoms with van der Waals surface area (Å²) in [6, 6.07) is 4.23. The summed E-state index contributed by atoms with van der Waals surface area (Å²) in [7, 11) is 0. The fourth-order valence-corrected chi connectivity index (χ4v) is 2.87.